The summed E-state index contributed by atoms with van der Waals surface area (Å²) in [5.41, 5.74) is -0.226. The van der Waals surface area contributed by atoms with Gasteiger partial charge in [-0.1, -0.05) is 12.5 Å². The molecule has 3 aliphatic carbocycles. The smallest absolute Gasteiger partial charge is 0.326 e. The van der Waals surface area contributed by atoms with Gasteiger partial charge in [-0.2, -0.15) is 0 Å². The molecular formula is C24H27NO9. The second-order valence-corrected chi connectivity index (χ2v) is 9.70. The molecule has 1 spiro atoms. The predicted octanol–water partition coefficient (Wildman–Crippen LogP) is 0.649. The Kier molecular flexibility index (Phi) is 5.14. The molecule has 1 heterocycles. The fourth-order valence-electron chi connectivity index (χ4n) is 6.36. The van der Waals surface area contributed by atoms with Gasteiger partial charge < -0.3 is 35.2 Å². The van der Waals surface area contributed by atoms with E-state index in [1.807, 2.05) is 6.07 Å². The van der Waals surface area contributed by atoms with Crippen molar-refractivity contribution < 1.29 is 44.3 Å². The van der Waals surface area contributed by atoms with Gasteiger partial charge in [0.15, 0.2) is 17.6 Å². The fourth-order valence-corrected chi connectivity index (χ4v) is 6.36. The van der Waals surface area contributed by atoms with E-state index in [-0.39, 0.29) is 29.6 Å². The highest BCUT2D eigenvalue weighted by Gasteiger charge is 2.70. The largest absolute Gasteiger partial charge is 0.504 e. The first-order chi connectivity index (χ1) is 16.1. The Balaban J connectivity index is 1.44. The number of hydrogen-bond acceptors (Lipinski definition) is 8. The molecule has 182 valence electrons. The lowest BCUT2D eigenvalue weighted by Crippen LogP contribution is -2.67. The molecule has 0 saturated heterocycles. The highest BCUT2D eigenvalue weighted by atomic mass is 16.6. The summed E-state index contributed by atoms with van der Waals surface area (Å²) in [6.07, 6.45) is 1.84. The molecule has 1 fully saturated rings. The van der Waals surface area contributed by atoms with E-state index in [4.69, 9.17) is 9.47 Å². The van der Waals surface area contributed by atoms with Crippen molar-refractivity contribution >= 4 is 17.8 Å². The number of phenols is 1. The number of aliphatic hydroxyl groups is 2. The highest BCUT2D eigenvalue weighted by Crippen LogP contribution is 2.67. The topological polar surface area (TPSA) is 163 Å². The molecule has 1 unspecified atom stereocenters. The molecule has 4 aliphatic rings. The van der Waals surface area contributed by atoms with Crippen molar-refractivity contribution in [2.24, 2.45) is 5.92 Å². The molecule has 5 rings (SSSR count). The average molecular weight is 473 g/mol. The van der Waals surface area contributed by atoms with E-state index in [1.165, 1.54) is 6.92 Å². The summed E-state index contributed by atoms with van der Waals surface area (Å²) in [6, 6.07) is 1.84. The molecule has 1 aliphatic heterocycles. The van der Waals surface area contributed by atoms with Crippen LogP contribution in [0.15, 0.2) is 24.0 Å². The number of amides is 1. The Labute approximate surface area is 195 Å². The second-order valence-electron chi connectivity index (χ2n) is 9.70. The summed E-state index contributed by atoms with van der Waals surface area (Å²) < 4.78 is 11.7. The normalized spacial score (nSPS) is 31.9. The van der Waals surface area contributed by atoms with Gasteiger partial charge in [0, 0.05) is 5.56 Å². The van der Waals surface area contributed by atoms with Crippen molar-refractivity contribution in [3.05, 3.63) is 35.1 Å². The SMILES string of the molecule is C[C@H](O)C(=O)NC(CC(=O)OC1=CC[C@@]2(O)[C@@H]3CCC[C@@]24c2c(ccc(O)c2O[C@@H]14)C3)C(=O)O. The number of carboxylic acids is 1. The number of ether oxygens (including phenoxy) is 2. The van der Waals surface area contributed by atoms with Crippen molar-refractivity contribution in [1.29, 1.82) is 0 Å². The van der Waals surface area contributed by atoms with Gasteiger partial charge in [-0.05, 0) is 56.2 Å². The summed E-state index contributed by atoms with van der Waals surface area (Å²) in [5.74, 6) is -2.88. The Morgan fingerprint density at radius 3 is 2.79 bits per heavy atom. The summed E-state index contributed by atoms with van der Waals surface area (Å²) in [6.45, 7) is 1.18. The molecule has 1 aromatic carbocycles. The molecule has 34 heavy (non-hydrogen) atoms. The molecule has 1 saturated carbocycles. The average Bonchev–Trinajstić information content (AvgIpc) is 3.12. The van der Waals surface area contributed by atoms with Gasteiger partial charge in [-0.25, -0.2) is 4.79 Å². The van der Waals surface area contributed by atoms with Crippen LogP contribution in [0, 0.1) is 5.92 Å². The van der Waals surface area contributed by atoms with Crippen LogP contribution in [0.4, 0.5) is 0 Å². The molecule has 1 aromatic rings. The molecular weight excluding hydrogens is 446 g/mol. The number of aromatic hydroxyl groups is 1. The summed E-state index contributed by atoms with van der Waals surface area (Å²) in [5, 5.41) is 43.2. The lowest BCUT2D eigenvalue weighted by Gasteiger charge is -2.59. The summed E-state index contributed by atoms with van der Waals surface area (Å²) in [4.78, 5) is 35.9. The van der Waals surface area contributed by atoms with Gasteiger partial charge in [0.1, 0.15) is 17.9 Å². The Morgan fingerprint density at radius 2 is 2.09 bits per heavy atom. The van der Waals surface area contributed by atoms with E-state index in [1.54, 1.807) is 12.1 Å². The summed E-state index contributed by atoms with van der Waals surface area (Å²) in [7, 11) is 0. The maximum atomic E-state index is 12.7. The van der Waals surface area contributed by atoms with Gasteiger partial charge in [0.2, 0.25) is 5.91 Å². The Morgan fingerprint density at radius 1 is 1.32 bits per heavy atom. The lowest BCUT2D eigenvalue weighted by atomic mass is 9.47. The number of phenolic OH excluding ortho intramolecular Hbond substituents is 1. The van der Waals surface area contributed by atoms with Crippen molar-refractivity contribution in [1.82, 2.24) is 5.32 Å². The Bertz CT molecular complexity index is 1110. The number of esters is 1. The van der Waals surface area contributed by atoms with Gasteiger partial charge in [0.05, 0.1) is 17.4 Å². The maximum Gasteiger partial charge on any atom is 0.326 e. The zero-order chi connectivity index (χ0) is 24.4. The number of benzene rings is 1. The number of hydrogen-bond donors (Lipinski definition) is 5. The van der Waals surface area contributed by atoms with Gasteiger partial charge in [0.25, 0.3) is 0 Å². The molecule has 10 nitrogen and oxygen atoms in total. The maximum absolute atomic E-state index is 12.7. The first-order valence-corrected chi connectivity index (χ1v) is 11.4. The molecule has 2 bridgehead atoms. The summed E-state index contributed by atoms with van der Waals surface area (Å²) >= 11 is 0. The number of aliphatic carboxylic acids is 1. The van der Waals surface area contributed by atoms with Gasteiger partial charge in [-0.15, -0.1) is 0 Å². The van der Waals surface area contributed by atoms with Crippen molar-refractivity contribution in [2.45, 2.75) is 74.7 Å². The minimum absolute atomic E-state index is 0.00378. The van der Waals surface area contributed by atoms with E-state index in [0.717, 1.165) is 24.0 Å². The molecule has 6 atom stereocenters. The monoisotopic (exact) mass is 473 g/mol. The van der Waals surface area contributed by atoms with E-state index in [0.29, 0.717) is 12.8 Å². The molecule has 10 heteroatoms. The third kappa shape index (κ3) is 3.05. The first-order valence-electron chi connectivity index (χ1n) is 11.4. The first kappa shape index (κ1) is 22.7. The quantitative estimate of drug-likeness (QED) is 0.373. The lowest BCUT2D eigenvalue weighted by molar-refractivity contribution is -0.161. The highest BCUT2D eigenvalue weighted by molar-refractivity contribution is 5.88. The van der Waals surface area contributed by atoms with Crippen molar-refractivity contribution in [3.63, 3.8) is 0 Å². The van der Waals surface area contributed by atoms with Gasteiger partial charge in [-0.3, -0.25) is 9.59 Å². The van der Waals surface area contributed by atoms with E-state index >= 15 is 0 Å². The van der Waals surface area contributed by atoms with Crippen LogP contribution >= 0.6 is 0 Å². The number of nitrogens with one attached hydrogen (secondary N) is 1. The number of carbonyl (C=O) groups is 3. The minimum atomic E-state index is -1.58. The molecule has 5 N–H and O–H groups in total. The zero-order valence-electron chi connectivity index (χ0n) is 18.6. The number of aliphatic hydroxyl groups excluding tert-OH is 1. The predicted molar refractivity (Wildman–Crippen MR) is 115 cm³/mol. The number of carboxylic acid groups (broad SMARTS) is 1. The van der Waals surface area contributed by atoms with Crippen LogP contribution in [0.3, 0.4) is 0 Å². The van der Waals surface area contributed by atoms with Crippen LogP contribution in [0.25, 0.3) is 0 Å². The van der Waals surface area contributed by atoms with Crippen LogP contribution in [0.5, 0.6) is 11.5 Å². The molecule has 0 aromatic heterocycles. The second kappa shape index (κ2) is 7.71. The third-order valence-electron chi connectivity index (χ3n) is 7.86. The van der Waals surface area contributed by atoms with E-state index < -0.39 is 53.5 Å². The van der Waals surface area contributed by atoms with Crippen LogP contribution in [0.1, 0.15) is 50.2 Å². The fraction of sp³-hybridized carbons (Fsp3) is 0.542. The van der Waals surface area contributed by atoms with Crippen LogP contribution in [-0.4, -0.2) is 62.1 Å². The van der Waals surface area contributed by atoms with E-state index in [2.05, 4.69) is 5.32 Å². The zero-order valence-corrected chi connectivity index (χ0v) is 18.6. The van der Waals surface area contributed by atoms with Crippen LogP contribution in [-0.2, 0) is 31.0 Å². The van der Waals surface area contributed by atoms with Crippen molar-refractivity contribution in [3.8, 4) is 11.5 Å². The minimum Gasteiger partial charge on any atom is -0.504 e. The number of carbonyl (C=O) groups excluding carboxylic acids is 2. The van der Waals surface area contributed by atoms with E-state index in [9.17, 15) is 34.8 Å². The molecule has 1 amide bonds. The number of rotatable bonds is 6. The third-order valence-corrected chi connectivity index (χ3v) is 7.86. The van der Waals surface area contributed by atoms with Crippen molar-refractivity contribution in [2.75, 3.05) is 0 Å². The van der Waals surface area contributed by atoms with Crippen LogP contribution in [0.2, 0.25) is 0 Å². The standard InChI is InChI=1S/C24H27NO9/c1-11(26)21(29)25-14(22(30)31)10-17(28)33-16-6-8-24(32)13-3-2-7-23(24)18-12(9-13)4-5-15(27)19(18)34-20(16)23/h4-6,11,13-14,20,26-27,32H,2-3,7-10H2,1H3,(H,25,29)(H,30,31)/t11-,13+,14?,20-,23-,24+/m0/s1. The Hall–Kier alpha value is -3.11. The van der Waals surface area contributed by atoms with Crippen LogP contribution < -0.4 is 10.1 Å². The molecule has 0 radical (unpaired) electrons. The van der Waals surface area contributed by atoms with Gasteiger partial charge >= 0.3 is 11.9 Å².